The molecule has 1 aliphatic heterocycles. The minimum atomic E-state index is -4.78. The Morgan fingerprint density at radius 3 is 2.88 bits per heavy atom. The van der Waals surface area contributed by atoms with Crippen molar-refractivity contribution in [1.82, 2.24) is 20.8 Å². The minimum Gasteiger partial charge on any atom is -0.383 e. The molecule has 1 aromatic heterocycles. The highest BCUT2D eigenvalue weighted by molar-refractivity contribution is 5.88. The molecule has 1 aromatic rings. The van der Waals surface area contributed by atoms with E-state index in [9.17, 15) is 22.8 Å². The molecule has 0 amide bonds. The fourth-order valence-electron chi connectivity index (χ4n) is 2.59. The summed E-state index contributed by atoms with van der Waals surface area (Å²) in [6.07, 6.45) is -4.12. The first-order valence-electron chi connectivity index (χ1n) is 8.29. The van der Waals surface area contributed by atoms with E-state index in [1.807, 2.05) is 0 Å². The zero-order chi connectivity index (χ0) is 19.2. The van der Waals surface area contributed by atoms with Crippen LogP contribution < -0.4 is 21.5 Å². The molecule has 2 rings (SSSR count). The number of H-pyrrole nitrogens is 1. The maximum absolute atomic E-state index is 12.9. The third kappa shape index (κ3) is 5.51. The normalized spacial score (nSPS) is 19.2. The first kappa shape index (κ1) is 20.3. The number of nitrogens with zero attached hydrogens (tertiary/aromatic N) is 1. The van der Waals surface area contributed by atoms with Gasteiger partial charge in [-0.2, -0.15) is 18.3 Å². The van der Waals surface area contributed by atoms with Gasteiger partial charge in [0.25, 0.3) is 5.56 Å². The number of carbonyl (C=O) groups is 1. The number of alkyl halides is 3. The van der Waals surface area contributed by atoms with E-state index < -0.39 is 23.4 Å². The second-order valence-electron chi connectivity index (χ2n) is 5.89. The summed E-state index contributed by atoms with van der Waals surface area (Å²) in [6.45, 7) is 4.04. The number of carbonyl (C=O) groups excluding carboxylic acids is 1. The van der Waals surface area contributed by atoms with E-state index in [0.29, 0.717) is 19.5 Å². The average Bonchev–Trinajstić information content (AvgIpc) is 2.60. The fourth-order valence-corrected chi connectivity index (χ4v) is 2.59. The maximum atomic E-state index is 12.9. The molecule has 1 aliphatic rings. The largest absolute Gasteiger partial charge is 0.423 e. The van der Waals surface area contributed by atoms with Crippen LogP contribution in [0.2, 0.25) is 0 Å². The number of anilines is 1. The zero-order valence-corrected chi connectivity index (χ0v) is 14.3. The molecule has 0 aromatic carbocycles. The second kappa shape index (κ2) is 9.10. The van der Waals surface area contributed by atoms with Gasteiger partial charge in [0.15, 0.2) is 5.78 Å². The van der Waals surface area contributed by atoms with Crippen LogP contribution >= 0.6 is 0 Å². The van der Waals surface area contributed by atoms with E-state index in [2.05, 4.69) is 21.0 Å². The molecule has 0 saturated carbocycles. The van der Waals surface area contributed by atoms with Gasteiger partial charge in [0.05, 0.1) is 17.9 Å². The molecule has 26 heavy (non-hydrogen) atoms. The molecule has 11 heteroatoms. The monoisotopic (exact) mass is 377 g/mol. The highest BCUT2D eigenvalue weighted by Gasteiger charge is 2.37. The number of hydrogen-bond acceptors (Lipinski definition) is 7. The summed E-state index contributed by atoms with van der Waals surface area (Å²) in [4.78, 5) is 23.5. The number of Topliss-reactive ketones (excluding diaryl/α,β-unsaturated/α-hetero) is 1. The molecule has 0 spiro atoms. The topological polar surface area (TPSA) is 108 Å². The Morgan fingerprint density at radius 2 is 2.23 bits per heavy atom. The van der Waals surface area contributed by atoms with E-state index in [-0.39, 0.29) is 30.7 Å². The van der Waals surface area contributed by atoms with Gasteiger partial charge in [-0.25, -0.2) is 5.10 Å². The Morgan fingerprint density at radius 1 is 1.46 bits per heavy atom. The van der Waals surface area contributed by atoms with Gasteiger partial charge in [-0.05, 0) is 13.3 Å². The van der Waals surface area contributed by atoms with Crippen LogP contribution in [0.4, 0.5) is 18.9 Å². The number of ether oxygens (including phenoxy) is 1. The van der Waals surface area contributed by atoms with E-state index >= 15 is 0 Å². The van der Waals surface area contributed by atoms with Crippen LogP contribution in [0.25, 0.3) is 0 Å². The van der Waals surface area contributed by atoms with Crippen molar-refractivity contribution in [2.45, 2.75) is 31.7 Å². The smallest absolute Gasteiger partial charge is 0.383 e. The molecule has 0 bridgehead atoms. The number of ketones is 1. The van der Waals surface area contributed by atoms with E-state index in [1.165, 1.54) is 0 Å². The summed E-state index contributed by atoms with van der Waals surface area (Å²) >= 11 is 0. The third-order valence-corrected chi connectivity index (χ3v) is 3.93. The van der Waals surface area contributed by atoms with Crippen molar-refractivity contribution in [2.75, 3.05) is 38.1 Å². The van der Waals surface area contributed by atoms with E-state index in [0.717, 1.165) is 12.7 Å². The molecule has 146 valence electrons. The van der Waals surface area contributed by atoms with E-state index in [1.54, 1.807) is 12.0 Å². The van der Waals surface area contributed by atoms with Gasteiger partial charge < -0.3 is 20.7 Å². The number of aromatic nitrogens is 2. The zero-order valence-electron chi connectivity index (χ0n) is 14.3. The van der Waals surface area contributed by atoms with Gasteiger partial charge in [0.1, 0.15) is 11.7 Å². The Hall–Kier alpha value is -1.98. The van der Waals surface area contributed by atoms with Crippen molar-refractivity contribution in [1.29, 1.82) is 0 Å². The van der Waals surface area contributed by atoms with Crippen LogP contribution in [0.15, 0.2) is 11.0 Å². The minimum absolute atomic E-state index is 0.0664. The standard InChI is InChI=1S/C15H22F3N5O3/c1-9(13(24)11-7-19-4-5-21-11)26-6-2-3-20-10-8-22-23-14(25)12(10)15(16,17)18/h8-9,11,19,21H,2-7H2,1H3,(H2,20,23,25). The van der Waals surface area contributed by atoms with Gasteiger partial charge in [-0.15, -0.1) is 0 Å². The average molecular weight is 377 g/mol. The van der Waals surface area contributed by atoms with Crippen LogP contribution in [-0.2, 0) is 15.7 Å². The molecule has 1 fully saturated rings. The molecule has 2 heterocycles. The summed E-state index contributed by atoms with van der Waals surface area (Å²) in [7, 11) is 0. The number of piperazine rings is 1. The number of halogens is 3. The van der Waals surface area contributed by atoms with Crippen molar-refractivity contribution in [2.24, 2.45) is 0 Å². The van der Waals surface area contributed by atoms with Crippen LogP contribution in [0.1, 0.15) is 18.9 Å². The van der Waals surface area contributed by atoms with Crippen LogP contribution in [0.3, 0.4) is 0 Å². The molecule has 8 nitrogen and oxygen atoms in total. The molecule has 0 aliphatic carbocycles. The lowest BCUT2D eigenvalue weighted by atomic mass is 10.1. The third-order valence-electron chi connectivity index (χ3n) is 3.93. The summed E-state index contributed by atoms with van der Waals surface area (Å²) in [5.74, 6) is -0.0664. The lowest BCUT2D eigenvalue weighted by molar-refractivity contribution is -0.138. The SMILES string of the molecule is CC(OCCCNc1cn[nH]c(=O)c1C(F)(F)F)C(=O)C1CNCCN1. The maximum Gasteiger partial charge on any atom is 0.423 e. The lowest BCUT2D eigenvalue weighted by Crippen LogP contribution is -2.54. The fraction of sp³-hybridized carbons (Fsp3) is 0.667. The number of aromatic amines is 1. The predicted octanol–water partition coefficient (Wildman–Crippen LogP) is 0.126. The van der Waals surface area contributed by atoms with Crippen LogP contribution in [0.5, 0.6) is 0 Å². The van der Waals surface area contributed by atoms with Gasteiger partial charge in [-0.1, -0.05) is 0 Å². The quantitative estimate of drug-likeness (QED) is 0.477. The van der Waals surface area contributed by atoms with Crippen molar-refractivity contribution >= 4 is 11.5 Å². The number of rotatable bonds is 8. The molecule has 0 radical (unpaired) electrons. The van der Waals surface area contributed by atoms with Crippen molar-refractivity contribution < 1.29 is 22.7 Å². The first-order chi connectivity index (χ1) is 12.3. The Labute approximate surface area is 147 Å². The second-order valence-corrected chi connectivity index (χ2v) is 5.89. The number of hydrogen-bond donors (Lipinski definition) is 4. The Kier molecular flexibility index (Phi) is 7.12. The molecular formula is C15H22F3N5O3. The Balaban J connectivity index is 1.76. The highest BCUT2D eigenvalue weighted by atomic mass is 19.4. The molecule has 1 saturated heterocycles. The summed E-state index contributed by atoms with van der Waals surface area (Å²) in [6, 6.07) is -0.298. The van der Waals surface area contributed by atoms with Crippen molar-refractivity contribution in [3.8, 4) is 0 Å². The first-order valence-corrected chi connectivity index (χ1v) is 8.29. The highest BCUT2D eigenvalue weighted by Crippen LogP contribution is 2.31. The Bertz CT molecular complexity index is 659. The lowest BCUT2D eigenvalue weighted by Gasteiger charge is -2.25. The summed E-state index contributed by atoms with van der Waals surface area (Å²) in [5.41, 5.74) is -3.00. The van der Waals surface area contributed by atoms with Crippen LogP contribution in [0, 0.1) is 0 Å². The van der Waals surface area contributed by atoms with Crippen molar-refractivity contribution in [3.05, 3.63) is 22.1 Å². The van der Waals surface area contributed by atoms with Crippen molar-refractivity contribution in [3.63, 3.8) is 0 Å². The molecular weight excluding hydrogens is 355 g/mol. The molecule has 2 unspecified atom stereocenters. The predicted molar refractivity (Wildman–Crippen MR) is 88.0 cm³/mol. The summed E-state index contributed by atoms with van der Waals surface area (Å²) < 4.78 is 44.1. The molecule has 2 atom stereocenters. The van der Waals surface area contributed by atoms with Gasteiger partial charge in [-0.3, -0.25) is 9.59 Å². The summed E-state index contributed by atoms with van der Waals surface area (Å²) in [5, 5.41) is 13.9. The molecule has 4 N–H and O–H groups in total. The van der Waals surface area contributed by atoms with Gasteiger partial charge >= 0.3 is 6.18 Å². The van der Waals surface area contributed by atoms with Gasteiger partial charge in [0.2, 0.25) is 0 Å². The van der Waals surface area contributed by atoms with E-state index in [4.69, 9.17) is 4.74 Å². The van der Waals surface area contributed by atoms with Gasteiger partial charge in [0, 0.05) is 32.8 Å². The van der Waals surface area contributed by atoms with Crippen LogP contribution in [-0.4, -0.2) is 60.9 Å². The number of nitrogens with one attached hydrogen (secondary N) is 4.